The smallest absolute Gasteiger partial charge is 0.233 e. The molecule has 0 radical (unpaired) electrons. The van der Waals surface area contributed by atoms with E-state index in [1.165, 1.54) is 0 Å². The fourth-order valence-corrected chi connectivity index (χ4v) is 2.62. The highest BCUT2D eigenvalue weighted by Crippen LogP contribution is 2.64. The number of amides is 1. The van der Waals surface area contributed by atoms with Crippen molar-refractivity contribution in [2.24, 2.45) is 5.41 Å². The second-order valence-corrected chi connectivity index (χ2v) is 6.42. The molecule has 1 aromatic rings. The fourth-order valence-electron chi connectivity index (χ4n) is 1.91. The van der Waals surface area contributed by atoms with Gasteiger partial charge in [0.25, 0.3) is 0 Å². The Hall–Kier alpha value is -0.730. The van der Waals surface area contributed by atoms with Crippen molar-refractivity contribution >= 4 is 34.8 Å². The van der Waals surface area contributed by atoms with Gasteiger partial charge in [0.1, 0.15) is 4.33 Å². The zero-order chi connectivity index (χ0) is 12.8. The average molecular weight is 272 g/mol. The largest absolute Gasteiger partial charge is 0.325 e. The molecule has 1 aliphatic rings. The van der Waals surface area contributed by atoms with Crippen LogP contribution in [0, 0.1) is 19.3 Å². The molecule has 2 nitrogen and oxygen atoms in total. The van der Waals surface area contributed by atoms with E-state index >= 15 is 0 Å². The van der Waals surface area contributed by atoms with Crippen LogP contribution in [0.2, 0.25) is 0 Å². The highest BCUT2D eigenvalue weighted by Gasteiger charge is 2.67. The molecule has 1 atom stereocenters. The lowest BCUT2D eigenvalue weighted by Gasteiger charge is -2.16. The lowest BCUT2D eigenvalue weighted by Crippen LogP contribution is -2.26. The number of benzene rings is 1. The van der Waals surface area contributed by atoms with Gasteiger partial charge in [-0.05, 0) is 38.3 Å². The van der Waals surface area contributed by atoms with Gasteiger partial charge in [-0.15, -0.1) is 23.2 Å². The van der Waals surface area contributed by atoms with Crippen molar-refractivity contribution in [3.8, 4) is 0 Å². The second-order valence-electron chi connectivity index (χ2n) is 4.93. The van der Waals surface area contributed by atoms with Crippen LogP contribution in [0.4, 0.5) is 5.69 Å². The molecule has 1 N–H and O–H groups in total. The van der Waals surface area contributed by atoms with Crippen LogP contribution in [0.25, 0.3) is 0 Å². The van der Waals surface area contributed by atoms with E-state index in [2.05, 4.69) is 5.32 Å². The molecule has 2 rings (SSSR count). The number of carbonyl (C=O) groups is 1. The number of anilines is 1. The van der Waals surface area contributed by atoms with E-state index in [1.807, 2.05) is 32.0 Å². The number of carbonyl (C=O) groups excluding carboxylic acids is 1. The summed E-state index contributed by atoms with van der Waals surface area (Å²) in [5.41, 5.74) is 2.26. The van der Waals surface area contributed by atoms with Gasteiger partial charge in [-0.3, -0.25) is 4.79 Å². The maximum atomic E-state index is 12.1. The highest BCUT2D eigenvalue weighted by molar-refractivity contribution is 6.53. The standard InChI is InChI=1S/C13H15Cl2NO/c1-8-5-4-6-9(2)10(8)16-11(17)12(3)7-13(12,14)15/h4-6H,7H2,1-3H3,(H,16,17). The Kier molecular flexibility index (Phi) is 2.91. The van der Waals surface area contributed by atoms with E-state index in [1.54, 1.807) is 6.92 Å². The lowest BCUT2D eigenvalue weighted by molar-refractivity contribution is -0.120. The zero-order valence-corrected chi connectivity index (χ0v) is 11.6. The molecule has 0 bridgehead atoms. The van der Waals surface area contributed by atoms with Crippen molar-refractivity contribution in [2.75, 3.05) is 5.32 Å². The minimum Gasteiger partial charge on any atom is -0.325 e. The number of para-hydroxylation sites is 1. The molecule has 1 saturated carbocycles. The molecule has 0 spiro atoms. The van der Waals surface area contributed by atoms with E-state index in [4.69, 9.17) is 23.2 Å². The van der Waals surface area contributed by atoms with Gasteiger partial charge in [0, 0.05) is 5.69 Å². The van der Waals surface area contributed by atoms with Gasteiger partial charge in [-0.25, -0.2) is 0 Å². The third-order valence-electron chi connectivity index (χ3n) is 3.48. The van der Waals surface area contributed by atoms with Gasteiger partial charge in [0.2, 0.25) is 5.91 Å². The van der Waals surface area contributed by atoms with Crippen LogP contribution in [0.15, 0.2) is 18.2 Å². The molecule has 1 amide bonds. The molecule has 0 aliphatic heterocycles. The van der Waals surface area contributed by atoms with Gasteiger partial charge in [0.15, 0.2) is 0 Å². The van der Waals surface area contributed by atoms with Crippen LogP contribution in [0.3, 0.4) is 0 Å². The highest BCUT2D eigenvalue weighted by atomic mass is 35.5. The topological polar surface area (TPSA) is 29.1 Å². The second kappa shape index (κ2) is 3.89. The third-order valence-corrected chi connectivity index (χ3v) is 4.58. The number of alkyl halides is 2. The summed E-state index contributed by atoms with van der Waals surface area (Å²) in [6.45, 7) is 5.72. The monoisotopic (exact) mass is 271 g/mol. The fraction of sp³-hybridized carbons (Fsp3) is 0.462. The van der Waals surface area contributed by atoms with Crippen LogP contribution >= 0.6 is 23.2 Å². The number of hydrogen-bond donors (Lipinski definition) is 1. The van der Waals surface area contributed by atoms with Crippen molar-refractivity contribution in [2.45, 2.75) is 31.5 Å². The van der Waals surface area contributed by atoms with Gasteiger partial charge in [-0.2, -0.15) is 0 Å². The first kappa shape index (κ1) is 12.7. The molecule has 1 aromatic carbocycles. The first-order valence-corrected chi connectivity index (χ1v) is 6.29. The number of halogens is 2. The minimum atomic E-state index is -0.923. The van der Waals surface area contributed by atoms with E-state index in [-0.39, 0.29) is 5.91 Å². The Morgan fingerprint density at radius 2 is 1.76 bits per heavy atom. The molecule has 0 heterocycles. The summed E-state index contributed by atoms with van der Waals surface area (Å²) in [4.78, 5) is 12.1. The van der Waals surface area contributed by atoms with Gasteiger partial charge in [0.05, 0.1) is 5.41 Å². The summed E-state index contributed by atoms with van der Waals surface area (Å²) in [5, 5.41) is 2.93. The maximum absolute atomic E-state index is 12.1. The molecule has 1 unspecified atom stereocenters. The summed E-state index contributed by atoms with van der Waals surface area (Å²) in [7, 11) is 0. The first-order valence-electron chi connectivity index (χ1n) is 5.53. The molecule has 1 aliphatic carbocycles. The van der Waals surface area contributed by atoms with Crippen molar-refractivity contribution < 1.29 is 4.79 Å². The first-order chi connectivity index (χ1) is 7.78. The Morgan fingerprint density at radius 3 is 2.18 bits per heavy atom. The molecule has 1 fully saturated rings. The van der Waals surface area contributed by atoms with Crippen LogP contribution in [0.1, 0.15) is 24.5 Å². The molecular formula is C13H15Cl2NO. The number of aryl methyl sites for hydroxylation is 2. The maximum Gasteiger partial charge on any atom is 0.233 e. The van der Waals surface area contributed by atoms with Crippen LogP contribution < -0.4 is 5.32 Å². The van der Waals surface area contributed by atoms with Crippen LogP contribution in [-0.4, -0.2) is 10.2 Å². The number of hydrogen-bond acceptors (Lipinski definition) is 1. The Labute approximate surface area is 111 Å². The van der Waals surface area contributed by atoms with E-state index < -0.39 is 9.75 Å². The summed E-state index contributed by atoms with van der Waals surface area (Å²) in [6, 6.07) is 5.89. The summed E-state index contributed by atoms with van der Waals surface area (Å²) >= 11 is 12.0. The van der Waals surface area contributed by atoms with Gasteiger partial charge < -0.3 is 5.32 Å². The molecule has 92 valence electrons. The zero-order valence-electron chi connectivity index (χ0n) is 10.1. The van der Waals surface area contributed by atoms with Gasteiger partial charge in [-0.1, -0.05) is 18.2 Å². The van der Waals surface area contributed by atoms with Crippen LogP contribution in [-0.2, 0) is 4.79 Å². The summed E-state index contributed by atoms with van der Waals surface area (Å²) in [6.07, 6.45) is 0.500. The Bertz CT molecular complexity index is 464. The quantitative estimate of drug-likeness (QED) is 0.814. The SMILES string of the molecule is Cc1cccc(C)c1NC(=O)C1(C)CC1(Cl)Cl. The van der Waals surface area contributed by atoms with Crippen molar-refractivity contribution in [1.29, 1.82) is 0 Å². The minimum absolute atomic E-state index is 0.111. The molecule has 0 saturated heterocycles. The predicted octanol–water partition coefficient (Wildman–Crippen LogP) is 3.83. The molecular weight excluding hydrogens is 257 g/mol. The van der Waals surface area contributed by atoms with Crippen molar-refractivity contribution in [3.05, 3.63) is 29.3 Å². The van der Waals surface area contributed by atoms with Crippen molar-refractivity contribution in [3.63, 3.8) is 0 Å². The molecule has 0 aromatic heterocycles. The summed E-state index contributed by atoms with van der Waals surface area (Å²) in [5.74, 6) is -0.111. The predicted molar refractivity (Wildman–Crippen MR) is 71.7 cm³/mol. The van der Waals surface area contributed by atoms with E-state index in [0.717, 1.165) is 16.8 Å². The number of nitrogens with one attached hydrogen (secondary N) is 1. The average Bonchev–Trinajstić information content (AvgIpc) is 2.73. The van der Waals surface area contributed by atoms with E-state index in [0.29, 0.717) is 6.42 Å². The Balaban J connectivity index is 2.21. The third kappa shape index (κ3) is 2.04. The number of rotatable bonds is 2. The molecule has 17 heavy (non-hydrogen) atoms. The molecule has 4 heteroatoms. The van der Waals surface area contributed by atoms with E-state index in [9.17, 15) is 4.79 Å². The van der Waals surface area contributed by atoms with Crippen LogP contribution in [0.5, 0.6) is 0 Å². The summed E-state index contributed by atoms with van der Waals surface area (Å²) < 4.78 is -0.923. The van der Waals surface area contributed by atoms with Gasteiger partial charge >= 0.3 is 0 Å². The normalized spacial score (nSPS) is 25.5. The van der Waals surface area contributed by atoms with Crippen molar-refractivity contribution in [1.82, 2.24) is 0 Å². The Morgan fingerprint density at radius 1 is 1.29 bits per heavy atom. The lowest BCUT2D eigenvalue weighted by atomic mass is 10.1.